The van der Waals surface area contributed by atoms with Crippen LogP contribution in [0.25, 0.3) is 0 Å². The zero-order chi connectivity index (χ0) is 22.9. The van der Waals surface area contributed by atoms with Crippen LogP contribution in [-0.4, -0.2) is 57.2 Å². The van der Waals surface area contributed by atoms with Crippen molar-refractivity contribution >= 4 is 35.8 Å². The molecule has 8 heteroatoms. The number of ether oxygens (including phenoxy) is 2. The molecule has 0 spiro atoms. The lowest BCUT2D eigenvalue weighted by Gasteiger charge is -2.30. The van der Waals surface area contributed by atoms with Gasteiger partial charge in [-0.15, -0.1) is 24.0 Å². The van der Waals surface area contributed by atoms with Crippen molar-refractivity contribution < 1.29 is 14.3 Å². The summed E-state index contributed by atoms with van der Waals surface area (Å²) in [5.41, 5.74) is 2.37. The molecule has 7 nitrogen and oxygen atoms in total. The van der Waals surface area contributed by atoms with Gasteiger partial charge in [0.1, 0.15) is 0 Å². The predicted molar refractivity (Wildman–Crippen MR) is 144 cm³/mol. The van der Waals surface area contributed by atoms with Crippen molar-refractivity contribution in [2.24, 2.45) is 10.9 Å². The first-order chi connectivity index (χ1) is 15.6. The lowest BCUT2D eigenvalue weighted by atomic mass is 9.84. The van der Waals surface area contributed by atoms with E-state index in [4.69, 9.17) is 9.47 Å². The highest BCUT2D eigenvalue weighted by atomic mass is 127. The molecule has 1 aromatic rings. The summed E-state index contributed by atoms with van der Waals surface area (Å²) in [4.78, 5) is 19.1. The minimum absolute atomic E-state index is 0. The summed E-state index contributed by atoms with van der Waals surface area (Å²) in [6, 6.07) is 4.54. The number of halogens is 1. The molecule has 0 aromatic heterocycles. The van der Waals surface area contributed by atoms with Gasteiger partial charge in [-0.05, 0) is 54.9 Å². The highest BCUT2D eigenvalue weighted by molar-refractivity contribution is 14.0. The van der Waals surface area contributed by atoms with Crippen molar-refractivity contribution in [2.45, 2.75) is 70.9 Å². The molecule has 2 aliphatic rings. The maximum atomic E-state index is 12.8. The third-order valence-electron chi connectivity index (χ3n) is 6.86. The number of carbonyl (C=O) groups is 1. The Morgan fingerprint density at radius 2 is 1.91 bits per heavy atom. The number of nitrogens with zero attached hydrogens (tertiary/aromatic N) is 2. The molecule has 1 aliphatic heterocycles. The lowest BCUT2D eigenvalue weighted by molar-refractivity contribution is -0.132. The summed E-state index contributed by atoms with van der Waals surface area (Å²) >= 11 is 0. The highest BCUT2D eigenvalue weighted by Crippen LogP contribution is 2.33. The summed E-state index contributed by atoms with van der Waals surface area (Å²) < 4.78 is 10.8. The molecule has 33 heavy (non-hydrogen) atoms. The predicted octanol–water partition coefficient (Wildman–Crippen LogP) is 4.12. The van der Waals surface area contributed by atoms with E-state index in [0.29, 0.717) is 24.8 Å². The Kier molecular flexibility index (Phi) is 11.6. The molecule has 0 radical (unpaired) electrons. The van der Waals surface area contributed by atoms with E-state index in [2.05, 4.69) is 22.5 Å². The first-order valence-corrected chi connectivity index (χ1v) is 12.1. The number of carbonyl (C=O) groups excluding carboxylic acids is 1. The lowest BCUT2D eigenvalue weighted by Crippen LogP contribution is -2.45. The first kappa shape index (κ1) is 27.5. The summed E-state index contributed by atoms with van der Waals surface area (Å²) in [6.45, 7) is 4.40. The Morgan fingerprint density at radius 3 is 2.58 bits per heavy atom. The van der Waals surface area contributed by atoms with Gasteiger partial charge in [0.05, 0.1) is 14.2 Å². The molecular formula is C25H41IN4O3. The van der Waals surface area contributed by atoms with Gasteiger partial charge in [0.2, 0.25) is 5.91 Å². The fraction of sp³-hybridized carbons (Fsp3) is 0.680. The van der Waals surface area contributed by atoms with Crippen LogP contribution in [0.1, 0.15) is 63.0 Å². The van der Waals surface area contributed by atoms with Gasteiger partial charge < -0.3 is 25.0 Å². The van der Waals surface area contributed by atoms with Crippen LogP contribution in [0, 0.1) is 5.92 Å². The summed E-state index contributed by atoms with van der Waals surface area (Å²) in [6.07, 6.45) is 8.50. The molecule has 3 rings (SSSR count). The maximum absolute atomic E-state index is 12.8. The number of hydrogen-bond acceptors (Lipinski definition) is 4. The molecule has 2 unspecified atom stereocenters. The summed E-state index contributed by atoms with van der Waals surface area (Å²) in [5, 5.41) is 6.96. The second kappa shape index (κ2) is 13.9. The van der Waals surface area contributed by atoms with Crippen molar-refractivity contribution in [3.63, 3.8) is 0 Å². The van der Waals surface area contributed by atoms with E-state index < -0.39 is 0 Å². The molecule has 2 N–H and O–H groups in total. The maximum Gasteiger partial charge on any atom is 0.222 e. The molecule has 1 heterocycles. The molecule has 1 aromatic carbocycles. The standard InChI is InChI=1S/C25H40N4O3.HI/c1-5-18-8-6-9-21(14-18)28-25(26-2)27-12-7-10-24(30)29-13-11-19-15-22(31-3)23(32-4)16-20(19)17-29;/h15-16,18,21H,5-14,17H2,1-4H3,(H2,26,27,28);1H. The van der Waals surface area contributed by atoms with Gasteiger partial charge in [0, 0.05) is 39.1 Å². The third kappa shape index (κ3) is 7.65. The monoisotopic (exact) mass is 572 g/mol. The number of aliphatic imine (C=N–C) groups is 1. The van der Waals surface area contributed by atoms with Crippen LogP contribution in [0.5, 0.6) is 11.5 Å². The van der Waals surface area contributed by atoms with Crippen molar-refractivity contribution in [1.29, 1.82) is 0 Å². The van der Waals surface area contributed by atoms with Crippen molar-refractivity contribution in [2.75, 3.05) is 34.4 Å². The second-order valence-electron chi connectivity index (χ2n) is 8.93. The normalized spacial score (nSPS) is 20.4. The Morgan fingerprint density at radius 1 is 1.18 bits per heavy atom. The molecule has 1 saturated carbocycles. The van der Waals surface area contributed by atoms with E-state index in [0.717, 1.165) is 49.1 Å². The number of rotatable bonds is 8. The van der Waals surface area contributed by atoms with E-state index in [1.54, 1.807) is 14.2 Å². The smallest absolute Gasteiger partial charge is 0.222 e. The van der Waals surface area contributed by atoms with Gasteiger partial charge in [-0.3, -0.25) is 9.79 Å². The number of benzene rings is 1. The summed E-state index contributed by atoms with van der Waals surface area (Å²) in [5.74, 6) is 3.34. The number of guanidine groups is 1. The van der Waals surface area contributed by atoms with E-state index in [9.17, 15) is 4.79 Å². The molecule has 1 aliphatic carbocycles. The SMILES string of the molecule is CCC1CCCC(NC(=NC)NCCCC(=O)N2CCc3cc(OC)c(OC)cc3C2)C1.I. The molecule has 186 valence electrons. The minimum Gasteiger partial charge on any atom is -0.493 e. The van der Waals surface area contributed by atoms with Crippen LogP contribution in [0.4, 0.5) is 0 Å². The largest absolute Gasteiger partial charge is 0.493 e. The Hall–Kier alpha value is -1.71. The van der Waals surface area contributed by atoms with Crippen LogP contribution in [0.15, 0.2) is 17.1 Å². The Bertz CT molecular complexity index is 802. The Labute approximate surface area is 216 Å². The highest BCUT2D eigenvalue weighted by Gasteiger charge is 2.23. The van der Waals surface area contributed by atoms with Gasteiger partial charge in [0.25, 0.3) is 0 Å². The van der Waals surface area contributed by atoms with Gasteiger partial charge in [-0.2, -0.15) is 0 Å². The van der Waals surface area contributed by atoms with Crippen molar-refractivity contribution in [3.05, 3.63) is 23.3 Å². The fourth-order valence-electron chi connectivity index (χ4n) is 4.88. The van der Waals surface area contributed by atoms with Crippen molar-refractivity contribution in [1.82, 2.24) is 15.5 Å². The van der Waals surface area contributed by atoms with E-state index in [1.165, 1.54) is 37.7 Å². The van der Waals surface area contributed by atoms with E-state index in [-0.39, 0.29) is 29.9 Å². The van der Waals surface area contributed by atoms with Gasteiger partial charge in [0.15, 0.2) is 17.5 Å². The summed E-state index contributed by atoms with van der Waals surface area (Å²) in [7, 11) is 5.11. The van der Waals surface area contributed by atoms with E-state index >= 15 is 0 Å². The Balaban J connectivity index is 0.00000385. The molecule has 2 atom stereocenters. The third-order valence-corrected chi connectivity index (χ3v) is 6.86. The number of hydrogen-bond donors (Lipinski definition) is 2. The van der Waals surface area contributed by atoms with Crippen LogP contribution in [0.2, 0.25) is 0 Å². The average Bonchev–Trinajstić information content (AvgIpc) is 2.84. The fourth-order valence-corrected chi connectivity index (χ4v) is 4.88. The number of methoxy groups -OCH3 is 2. The van der Waals surface area contributed by atoms with Crippen molar-refractivity contribution in [3.8, 4) is 11.5 Å². The first-order valence-electron chi connectivity index (χ1n) is 12.1. The molecule has 1 amide bonds. The van der Waals surface area contributed by atoms with E-state index in [1.807, 2.05) is 24.1 Å². The van der Waals surface area contributed by atoms with Crippen LogP contribution in [-0.2, 0) is 17.8 Å². The average molecular weight is 573 g/mol. The topological polar surface area (TPSA) is 75.2 Å². The quantitative estimate of drug-likeness (QED) is 0.212. The van der Waals surface area contributed by atoms with Crippen LogP contribution in [0.3, 0.4) is 0 Å². The van der Waals surface area contributed by atoms with Gasteiger partial charge in [-0.1, -0.05) is 26.2 Å². The number of amides is 1. The number of fused-ring (bicyclic) bond motifs is 1. The second-order valence-corrected chi connectivity index (χ2v) is 8.93. The molecule has 1 fully saturated rings. The van der Waals surface area contributed by atoms with Gasteiger partial charge >= 0.3 is 0 Å². The molecule has 0 bridgehead atoms. The minimum atomic E-state index is 0. The van der Waals surface area contributed by atoms with Crippen LogP contribution < -0.4 is 20.1 Å². The van der Waals surface area contributed by atoms with Gasteiger partial charge in [-0.25, -0.2) is 0 Å². The molecular weight excluding hydrogens is 531 g/mol. The van der Waals surface area contributed by atoms with Crippen LogP contribution >= 0.6 is 24.0 Å². The zero-order valence-electron chi connectivity index (χ0n) is 20.6. The molecule has 0 saturated heterocycles. The number of nitrogens with one attached hydrogen (secondary N) is 2. The zero-order valence-corrected chi connectivity index (χ0v) is 22.9.